The van der Waals surface area contributed by atoms with Crippen molar-refractivity contribution in [1.82, 2.24) is 9.88 Å². The number of aromatic nitrogens is 1. The summed E-state index contributed by atoms with van der Waals surface area (Å²) < 4.78 is 12.5. The molecule has 1 aromatic carbocycles. The van der Waals surface area contributed by atoms with E-state index in [0.717, 1.165) is 58.0 Å². The van der Waals surface area contributed by atoms with E-state index in [-0.39, 0.29) is 17.3 Å². The summed E-state index contributed by atoms with van der Waals surface area (Å²) >= 11 is 1.64. The predicted molar refractivity (Wildman–Crippen MR) is 168 cm³/mol. The molecule has 0 spiro atoms. The summed E-state index contributed by atoms with van der Waals surface area (Å²) in [6.07, 6.45) is 6.36. The van der Waals surface area contributed by atoms with Crippen LogP contribution >= 0.6 is 11.3 Å². The average molecular weight is 586 g/mol. The van der Waals surface area contributed by atoms with E-state index in [1.54, 1.807) is 23.7 Å². The minimum absolute atomic E-state index is 0.119. The molecule has 1 atom stereocenters. The number of nitrogens with one attached hydrogen (secondary N) is 1. The number of hydrogen-bond acceptors (Lipinski definition) is 6. The van der Waals surface area contributed by atoms with E-state index in [4.69, 9.17) is 14.1 Å². The number of aliphatic imine (C=N–C) groups is 1. The number of rotatable bonds is 7. The third kappa shape index (κ3) is 5.73. The summed E-state index contributed by atoms with van der Waals surface area (Å²) in [5.74, 6) is 0.796. The maximum atomic E-state index is 13.6. The topological polar surface area (TPSA) is 85.8 Å². The zero-order valence-electron chi connectivity index (χ0n) is 25.5. The molecule has 0 bridgehead atoms. The normalized spacial score (nSPS) is 15.2. The van der Waals surface area contributed by atoms with Crippen LogP contribution < -0.4 is 5.32 Å². The fourth-order valence-corrected chi connectivity index (χ4v) is 7.19. The van der Waals surface area contributed by atoms with Gasteiger partial charge < -0.3 is 19.0 Å². The maximum absolute atomic E-state index is 13.6. The molecular formula is C34H39N3O4S. The fourth-order valence-electron chi connectivity index (χ4n) is 5.92. The van der Waals surface area contributed by atoms with Crippen molar-refractivity contribution in [2.24, 2.45) is 16.3 Å². The van der Waals surface area contributed by atoms with Crippen LogP contribution in [0.4, 0.5) is 5.00 Å². The largest absolute Gasteiger partial charge is 0.467 e. The van der Waals surface area contributed by atoms with Gasteiger partial charge in [-0.3, -0.25) is 4.79 Å². The Balaban J connectivity index is 1.50. The highest BCUT2D eigenvalue weighted by Crippen LogP contribution is 2.45. The first-order valence-electron chi connectivity index (χ1n) is 14.4. The van der Waals surface area contributed by atoms with Crippen LogP contribution in [0.1, 0.15) is 86.6 Å². The minimum Gasteiger partial charge on any atom is -0.467 e. The van der Waals surface area contributed by atoms with Gasteiger partial charge in [0.15, 0.2) is 0 Å². The highest BCUT2D eigenvalue weighted by Gasteiger charge is 2.33. The monoisotopic (exact) mass is 585 g/mol. The first-order chi connectivity index (χ1) is 20.0. The second kappa shape index (κ2) is 11.8. The smallest absolute Gasteiger partial charge is 0.338 e. The number of nitrogens with zero attached hydrogens (tertiary/aromatic N) is 2. The van der Waals surface area contributed by atoms with Crippen molar-refractivity contribution in [3.8, 4) is 5.69 Å². The lowest BCUT2D eigenvalue weighted by molar-refractivity contribution is 0.0599. The van der Waals surface area contributed by atoms with E-state index in [1.807, 2.05) is 51.3 Å². The molecule has 42 heavy (non-hydrogen) atoms. The number of carbonyl (C=O) groups is 2. The molecule has 3 heterocycles. The fraction of sp³-hybridized carbons (Fsp3) is 0.382. The quantitative estimate of drug-likeness (QED) is 0.178. The van der Waals surface area contributed by atoms with Crippen LogP contribution in [0.5, 0.6) is 0 Å². The van der Waals surface area contributed by atoms with Crippen LogP contribution in [-0.4, -0.2) is 29.8 Å². The number of fused-ring (bicyclic) bond motifs is 1. The Labute approximate surface area is 251 Å². The summed E-state index contributed by atoms with van der Waals surface area (Å²) in [7, 11) is 1.40. The maximum Gasteiger partial charge on any atom is 0.338 e. The SMILES string of the molecule is COC(=O)c1cccc(-n2c(C)cc(C=Nc3sc4c(c3C(=O)NCc3ccco3)CC[C@@H](C(C)(C)C)C4)c2C)c1C. The Kier molecular flexibility index (Phi) is 8.28. The van der Waals surface area contributed by atoms with Gasteiger partial charge in [-0.25, -0.2) is 9.79 Å². The number of carbonyl (C=O) groups excluding carboxylic acids is 2. The lowest BCUT2D eigenvalue weighted by Crippen LogP contribution is -2.28. The summed E-state index contributed by atoms with van der Waals surface area (Å²) in [5, 5.41) is 3.78. The number of benzene rings is 1. The van der Waals surface area contributed by atoms with E-state index < -0.39 is 0 Å². The van der Waals surface area contributed by atoms with Crippen LogP contribution in [0.15, 0.2) is 52.1 Å². The first-order valence-corrected chi connectivity index (χ1v) is 15.2. The molecule has 3 aromatic heterocycles. The zero-order chi connectivity index (χ0) is 30.2. The molecule has 0 saturated carbocycles. The van der Waals surface area contributed by atoms with Crippen LogP contribution in [0.2, 0.25) is 0 Å². The molecule has 1 amide bonds. The Bertz CT molecular complexity index is 1650. The molecule has 0 radical (unpaired) electrons. The molecule has 5 rings (SSSR count). The lowest BCUT2D eigenvalue weighted by atomic mass is 9.72. The van der Waals surface area contributed by atoms with Gasteiger partial charge in [0.1, 0.15) is 10.8 Å². The molecule has 1 N–H and O–H groups in total. The molecule has 0 saturated heterocycles. The van der Waals surface area contributed by atoms with Crippen molar-refractivity contribution in [2.45, 2.75) is 67.3 Å². The highest BCUT2D eigenvalue weighted by molar-refractivity contribution is 7.16. The molecule has 1 aliphatic carbocycles. The standard InChI is InChI=1S/C34H39N3O4S/c1-20-16-23(22(3)37(20)28-12-8-11-26(21(28)2)33(39)40-7)18-36-32-30(31(38)35-19-25-10-9-15-41-25)27-14-13-24(34(4,5)6)17-29(27)42-32/h8-12,15-16,18,24H,13-14,17,19H2,1-7H3,(H,35,38)/t24-/m1/s1. The van der Waals surface area contributed by atoms with Gasteiger partial charge in [-0.1, -0.05) is 26.8 Å². The van der Waals surface area contributed by atoms with Crippen LogP contribution in [-0.2, 0) is 24.1 Å². The van der Waals surface area contributed by atoms with Crippen LogP contribution in [0.3, 0.4) is 0 Å². The molecule has 220 valence electrons. The van der Waals surface area contributed by atoms with Gasteiger partial charge in [0.25, 0.3) is 5.91 Å². The van der Waals surface area contributed by atoms with Gasteiger partial charge >= 0.3 is 5.97 Å². The third-order valence-corrected chi connectivity index (χ3v) is 9.61. The van der Waals surface area contributed by atoms with Crippen molar-refractivity contribution in [1.29, 1.82) is 0 Å². The van der Waals surface area contributed by atoms with E-state index in [0.29, 0.717) is 29.3 Å². The average Bonchev–Trinajstić information content (AvgIpc) is 3.67. The number of esters is 1. The number of aryl methyl sites for hydroxylation is 1. The van der Waals surface area contributed by atoms with Gasteiger partial charge in [-0.2, -0.15) is 0 Å². The molecule has 0 aliphatic heterocycles. The number of ether oxygens (including phenoxy) is 1. The summed E-state index contributed by atoms with van der Waals surface area (Å²) in [5.41, 5.74) is 7.30. The van der Waals surface area contributed by atoms with Crippen molar-refractivity contribution < 1.29 is 18.7 Å². The van der Waals surface area contributed by atoms with Crippen molar-refractivity contribution >= 4 is 34.4 Å². The molecule has 7 nitrogen and oxygen atoms in total. The molecular weight excluding hydrogens is 546 g/mol. The number of amides is 1. The Morgan fingerprint density at radius 3 is 2.67 bits per heavy atom. The van der Waals surface area contributed by atoms with Crippen LogP contribution in [0, 0.1) is 32.1 Å². The second-order valence-corrected chi connectivity index (χ2v) is 13.2. The van der Waals surface area contributed by atoms with Gasteiger partial charge in [0.05, 0.1) is 31.0 Å². The Morgan fingerprint density at radius 2 is 1.98 bits per heavy atom. The third-order valence-electron chi connectivity index (χ3n) is 8.44. The van der Waals surface area contributed by atoms with Crippen molar-refractivity contribution in [3.05, 3.63) is 92.5 Å². The highest BCUT2D eigenvalue weighted by atomic mass is 32.1. The number of thiophene rings is 1. The Morgan fingerprint density at radius 1 is 1.19 bits per heavy atom. The second-order valence-electron chi connectivity index (χ2n) is 12.1. The number of methoxy groups -OCH3 is 1. The molecule has 8 heteroatoms. The molecule has 4 aromatic rings. The summed E-state index contributed by atoms with van der Waals surface area (Å²) in [6, 6.07) is 11.4. The minimum atomic E-state index is -0.355. The molecule has 0 unspecified atom stereocenters. The molecule has 0 fully saturated rings. The first kappa shape index (κ1) is 29.6. The van der Waals surface area contributed by atoms with Gasteiger partial charge in [0, 0.05) is 33.7 Å². The van der Waals surface area contributed by atoms with E-state index in [9.17, 15) is 9.59 Å². The van der Waals surface area contributed by atoms with Crippen molar-refractivity contribution in [2.75, 3.05) is 7.11 Å². The van der Waals surface area contributed by atoms with Gasteiger partial charge in [-0.05, 0) is 92.8 Å². The Hall–Kier alpha value is -3.91. The summed E-state index contributed by atoms with van der Waals surface area (Å²) in [4.78, 5) is 32.1. The molecule has 1 aliphatic rings. The zero-order valence-corrected chi connectivity index (χ0v) is 26.3. The van der Waals surface area contributed by atoms with Gasteiger partial charge in [-0.15, -0.1) is 11.3 Å². The van der Waals surface area contributed by atoms with Crippen LogP contribution in [0.25, 0.3) is 5.69 Å². The summed E-state index contributed by atoms with van der Waals surface area (Å²) in [6.45, 7) is 13.2. The van der Waals surface area contributed by atoms with Crippen molar-refractivity contribution in [3.63, 3.8) is 0 Å². The van der Waals surface area contributed by atoms with E-state index in [1.165, 1.54) is 12.0 Å². The van der Waals surface area contributed by atoms with E-state index >= 15 is 0 Å². The predicted octanol–water partition coefficient (Wildman–Crippen LogP) is 7.68. The lowest BCUT2D eigenvalue weighted by Gasteiger charge is -2.33. The van der Waals surface area contributed by atoms with Gasteiger partial charge in [0.2, 0.25) is 0 Å². The number of furan rings is 1. The number of hydrogen-bond donors (Lipinski definition) is 1. The van der Waals surface area contributed by atoms with E-state index in [2.05, 4.69) is 36.7 Å².